The molecule has 0 aromatic carbocycles. The molecule has 2 rings (SSSR count). The van der Waals surface area contributed by atoms with Crippen LogP contribution in [-0.4, -0.2) is 21.6 Å². The van der Waals surface area contributed by atoms with E-state index in [-0.39, 0.29) is 11.3 Å². The Morgan fingerprint density at radius 2 is 2.11 bits per heavy atom. The van der Waals surface area contributed by atoms with Gasteiger partial charge in [-0.3, -0.25) is 9.59 Å². The monoisotopic (exact) mass is 246 g/mol. The molecule has 6 nitrogen and oxygen atoms in total. The summed E-state index contributed by atoms with van der Waals surface area (Å²) in [7, 11) is 0. The van der Waals surface area contributed by atoms with Crippen molar-refractivity contribution in [3.8, 4) is 6.07 Å². The zero-order valence-corrected chi connectivity index (χ0v) is 9.90. The van der Waals surface area contributed by atoms with E-state index in [2.05, 4.69) is 21.6 Å². The summed E-state index contributed by atoms with van der Waals surface area (Å²) in [6.45, 7) is 0. The van der Waals surface area contributed by atoms with Crippen molar-refractivity contribution < 1.29 is 4.79 Å². The Kier molecular flexibility index (Phi) is 3.42. The number of nitriles is 1. The van der Waals surface area contributed by atoms with Crippen molar-refractivity contribution in [1.29, 1.82) is 5.26 Å². The van der Waals surface area contributed by atoms with E-state index < -0.39 is 11.4 Å². The summed E-state index contributed by atoms with van der Waals surface area (Å²) in [4.78, 5) is 22.8. The number of aromatic nitrogens is 2. The van der Waals surface area contributed by atoms with Crippen LogP contribution in [0.2, 0.25) is 0 Å². The lowest BCUT2D eigenvalue weighted by Gasteiger charge is -2.31. The van der Waals surface area contributed by atoms with Crippen molar-refractivity contribution in [3.63, 3.8) is 0 Å². The van der Waals surface area contributed by atoms with Gasteiger partial charge in [0.2, 0.25) is 0 Å². The summed E-state index contributed by atoms with van der Waals surface area (Å²) in [5.41, 5.74) is -1.03. The second kappa shape index (κ2) is 5.00. The zero-order chi connectivity index (χ0) is 13.0. The van der Waals surface area contributed by atoms with Crippen LogP contribution >= 0.6 is 0 Å². The lowest BCUT2D eigenvalue weighted by Crippen LogP contribution is -2.48. The minimum absolute atomic E-state index is 0.120. The van der Waals surface area contributed by atoms with Gasteiger partial charge in [0, 0.05) is 6.07 Å². The van der Waals surface area contributed by atoms with Gasteiger partial charge in [0.1, 0.15) is 11.2 Å². The number of aromatic amines is 1. The quantitative estimate of drug-likeness (QED) is 0.803. The number of nitrogens with one attached hydrogen (secondary N) is 2. The van der Waals surface area contributed by atoms with Crippen molar-refractivity contribution in [1.82, 2.24) is 15.5 Å². The summed E-state index contributed by atoms with van der Waals surface area (Å²) in [5.74, 6) is -0.422. The van der Waals surface area contributed by atoms with Crippen molar-refractivity contribution >= 4 is 5.91 Å². The highest BCUT2D eigenvalue weighted by atomic mass is 16.2. The van der Waals surface area contributed by atoms with Crippen LogP contribution < -0.4 is 10.9 Å². The third-order valence-electron chi connectivity index (χ3n) is 3.19. The lowest BCUT2D eigenvalue weighted by molar-refractivity contribution is 0.0896. The van der Waals surface area contributed by atoms with E-state index in [1.165, 1.54) is 12.1 Å². The van der Waals surface area contributed by atoms with Crippen LogP contribution in [0.4, 0.5) is 0 Å². The van der Waals surface area contributed by atoms with Gasteiger partial charge in [0.15, 0.2) is 0 Å². The van der Waals surface area contributed by atoms with Crippen LogP contribution in [0, 0.1) is 11.3 Å². The summed E-state index contributed by atoms with van der Waals surface area (Å²) < 4.78 is 0. The third kappa shape index (κ3) is 2.56. The van der Waals surface area contributed by atoms with Gasteiger partial charge in [-0.05, 0) is 18.9 Å². The van der Waals surface area contributed by atoms with Gasteiger partial charge in [-0.25, -0.2) is 5.10 Å². The fraction of sp³-hybridized carbons (Fsp3) is 0.500. The van der Waals surface area contributed by atoms with Gasteiger partial charge < -0.3 is 5.32 Å². The molecule has 1 heterocycles. The number of amides is 1. The van der Waals surface area contributed by atoms with Crippen LogP contribution in [0.1, 0.15) is 42.6 Å². The highest BCUT2D eigenvalue weighted by Gasteiger charge is 2.34. The number of carbonyl (C=O) groups is 1. The Labute approximate surface area is 104 Å². The number of hydrogen-bond acceptors (Lipinski definition) is 4. The van der Waals surface area contributed by atoms with E-state index in [9.17, 15) is 14.9 Å². The highest BCUT2D eigenvalue weighted by Crippen LogP contribution is 2.27. The standard InChI is InChI=1S/C12H14N4O2/c13-8-12(6-2-1-3-7-12)14-11(18)9-4-5-10(17)16-15-9/h4-5H,1-3,6-7H2,(H,14,18)(H,16,17). The summed E-state index contributed by atoms with van der Waals surface area (Å²) in [6.07, 6.45) is 4.30. The maximum absolute atomic E-state index is 11.9. The Bertz CT molecular complexity index is 517. The predicted octanol–water partition coefficient (Wildman–Crippen LogP) is 0.726. The third-order valence-corrected chi connectivity index (χ3v) is 3.19. The van der Waals surface area contributed by atoms with E-state index in [4.69, 9.17) is 0 Å². The first-order chi connectivity index (χ1) is 8.65. The Morgan fingerprint density at radius 3 is 2.67 bits per heavy atom. The Balaban J connectivity index is 2.13. The average Bonchev–Trinajstić information content (AvgIpc) is 2.40. The molecule has 1 aliphatic rings. The molecule has 6 heteroatoms. The molecule has 0 unspecified atom stereocenters. The fourth-order valence-electron chi connectivity index (χ4n) is 2.17. The minimum Gasteiger partial charge on any atom is -0.332 e. The first-order valence-corrected chi connectivity index (χ1v) is 5.95. The molecule has 2 N–H and O–H groups in total. The molecule has 0 spiro atoms. The molecule has 1 fully saturated rings. The largest absolute Gasteiger partial charge is 0.332 e. The maximum Gasteiger partial charge on any atom is 0.272 e. The number of nitrogens with zero attached hydrogens (tertiary/aromatic N) is 2. The lowest BCUT2D eigenvalue weighted by atomic mass is 9.83. The Hall–Kier alpha value is -2.16. The van der Waals surface area contributed by atoms with E-state index >= 15 is 0 Å². The van der Waals surface area contributed by atoms with E-state index in [0.717, 1.165) is 19.3 Å². The molecular formula is C12H14N4O2. The molecule has 1 aromatic heterocycles. The van der Waals surface area contributed by atoms with E-state index in [1.807, 2.05) is 0 Å². The average molecular weight is 246 g/mol. The van der Waals surface area contributed by atoms with Crippen LogP contribution in [0.3, 0.4) is 0 Å². The van der Waals surface area contributed by atoms with Crippen LogP contribution in [-0.2, 0) is 0 Å². The molecule has 0 saturated heterocycles. The van der Waals surface area contributed by atoms with Crippen LogP contribution in [0.15, 0.2) is 16.9 Å². The molecule has 1 aliphatic carbocycles. The minimum atomic E-state index is -0.785. The highest BCUT2D eigenvalue weighted by molar-refractivity contribution is 5.92. The predicted molar refractivity (Wildman–Crippen MR) is 63.8 cm³/mol. The Morgan fingerprint density at radius 1 is 1.39 bits per heavy atom. The molecule has 1 aromatic rings. The molecule has 0 bridgehead atoms. The van der Waals surface area contributed by atoms with Gasteiger partial charge in [-0.2, -0.15) is 10.4 Å². The van der Waals surface area contributed by atoms with Crippen molar-refractivity contribution in [2.45, 2.75) is 37.6 Å². The number of rotatable bonds is 2. The van der Waals surface area contributed by atoms with Crippen LogP contribution in [0.25, 0.3) is 0 Å². The normalized spacial score (nSPS) is 17.7. The second-order valence-electron chi connectivity index (χ2n) is 4.52. The molecular weight excluding hydrogens is 232 g/mol. The summed E-state index contributed by atoms with van der Waals surface area (Å²) in [6, 6.07) is 4.79. The number of H-pyrrole nitrogens is 1. The van der Waals surface area contributed by atoms with Crippen LogP contribution in [0.5, 0.6) is 0 Å². The van der Waals surface area contributed by atoms with Gasteiger partial charge in [0.25, 0.3) is 11.5 Å². The molecule has 18 heavy (non-hydrogen) atoms. The first kappa shape index (κ1) is 12.3. The molecule has 1 saturated carbocycles. The van der Waals surface area contributed by atoms with Gasteiger partial charge in [-0.1, -0.05) is 19.3 Å². The molecule has 0 aliphatic heterocycles. The molecule has 94 valence electrons. The number of hydrogen-bond donors (Lipinski definition) is 2. The smallest absolute Gasteiger partial charge is 0.272 e. The van der Waals surface area contributed by atoms with Gasteiger partial charge >= 0.3 is 0 Å². The number of carbonyl (C=O) groups excluding carboxylic acids is 1. The van der Waals surface area contributed by atoms with Crippen molar-refractivity contribution in [2.75, 3.05) is 0 Å². The molecule has 0 atom stereocenters. The van der Waals surface area contributed by atoms with Gasteiger partial charge in [0.05, 0.1) is 6.07 Å². The van der Waals surface area contributed by atoms with Crippen molar-refractivity contribution in [2.24, 2.45) is 0 Å². The van der Waals surface area contributed by atoms with Gasteiger partial charge in [-0.15, -0.1) is 0 Å². The zero-order valence-electron chi connectivity index (χ0n) is 9.90. The fourth-order valence-corrected chi connectivity index (χ4v) is 2.17. The summed E-state index contributed by atoms with van der Waals surface area (Å²) in [5, 5.41) is 17.8. The van der Waals surface area contributed by atoms with E-state index in [1.54, 1.807) is 0 Å². The maximum atomic E-state index is 11.9. The first-order valence-electron chi connectivity index (χ1n) is 5.95. The SMILES string of the molecule is N#CC1(NC(=O)c2ccc(=O)[nH]n2)CCCCC1. The topological polar surface area (TPSA) is 98.6 Å². The molecule has 1 amide bonds. The van der Waals surface area contributed by atoms with Crippen molar-refractivity contribution in [3.05, 3.63) is 28.2 Å². The van der Waals surface area contributed by atoms with E-state index in [0.29, 0.717) is 12.8 Å². The molecule has 0 radical (unpaired) electrons. The second-order valence-corrected chi connectivity index (χ2v) is 4.52. The summed E-state index contributed by atoms with van der Waals surface area (Å²) >= 11 is 0.